The fourth-order valence-corrected chi connectivity index (χ4v) is 2.52. The first kappa shape index (κ1) is 13.5. The van der Waals surface area contributed by atoms with E-state index >= 15 is 0 Å². The second kappa shape index (κ2) is 6.85. The summed E-state index contributed by atoms with van der Waals surface area (Å²) in [6.45, 7) is 0.420. The number of nitrogens with two attached hydrogens (primary N) is 1. The Balaban J connectivity index is 1.98. The molecule has 1 heterocycles. The summed E-state index contributed by atoms with van der Waals surface area (Å²) in [4.78, 5) is 4.44. The molecule has 1 aliphatic carbocycles. The van der Waals surface area contributed by atoms with Crippen LogP contribution in [0.3, 0.4) is 0 Å². The van der Waals surface area contributed by atoms with Crippen LogP contribution in [0.25, 0.3) is 0 Å². The van der Waals surface area contributed by atoms with Gasteiger partial charge in [-0.05, 0) is 12.8 Å². The third-order valence-electron chi connectivity index (χ3n) is 3.59. The molecule has 0 bridgehead atoms. The molecule has 1 fully saturated rings. The lowest BCUT2D eigenvalue weighted by molar-refractivity contribution is 0.177. The van der Waals surface area contributed by atoms with Gasteiger partial charge in [0.25, 0.3) is 0 Å². The number of aromatic nitrogens is 2. The summed E-state index contributed by atoms with van der Waals surface area (Å²) in [6.07, 6.45) is 8.82. The molecule has 1 aromatic heterocycles. The quantitative estimate of drug-likeness (QED) is 0.892. The highest BCUT2D eigenvalue weighted by atomic mass is 16.5. The molecule has 2 N–H and O–H groups in total. The van der Waals surface area contributed by atoms with E-state index in [4.69, 9.17) is 15.0 Å². The van der Waals surface area contributed by atoms with Gasteiger partial charge in [-0.3, -0.25) is 0 Å². The molecular formula is C13H23N3O2. The zero-order valence-electron chi connectivity index (χ0n) is 11.1. The molecular weight excluding hydrogens is 230 g/mol. The number of hydrogen-bond donors (Lipinski definition) is 1. The molecule has 1 atom stereocenters. The van der Waals surface area contributed by atoms with Gasteiger partial charge in [0, 0.05) is 13.0 Å². The van der Waals surface area contributed by atoms with Crippen LogP contribution in [0.1, 0.15) is 68.6 Å². The van der Waals surface area contributed by atoms with Gasteiger partial charge in [-0.15, -0.1) is 0 Å². The van der Waals surface area contributed by atoms with E-state index in [-0.39, 0.29) is 6.04 Å². The number of ether oxygens (including phenoxy) is 1. The average molecular weight is 253 g/mol. The zero-order chi connectivity index (χ0) is 12.8. The van der Waals surface area contributed by atoms with Crippen molar-refractivity contribution in [1.82, 2.24) is 10.1 Å². The Labute approximate surface area is 108 Å². The molecule has 0 radical (unpaired) electrons. The third kappa shape index (κ3) is 3.53. The second-order valence-corrected chi connectivity index (χ2v) is 5.09. The van der Waals surface area contributed by atoms with Crippen molar-refractivity contribution in [3.8, 4) is 0 Å². The molecule has 0 saturated heterocycles. The summed E-state index contributed by atoms with van der Waals surface area (Å²) in [5.74, 6) is 1.74. The Bertz CT molecular complexity index is 346. The monoisotopic (exact) mass is 253 g/mol. The Morgan fingerprint density at radius 3 is 2.61 bits per heavy atom. The van der Waals surface area contributed by atoms with Crippen LogP contribution in [-0.2, 0) is 4.74 Å². The molecule has 102 valence electrons. The van der Waals surface area contributed by atoms with Crippen molar-refractivity contribution in [3.05, 3.63) is 11.7 Å². The molecule has 1 aromatic rings. The minimum Gasteiger partial charge on any atom is -0.383 e. The Kier molecular flexibility index (Phi) is 5.13. The van der Waals surface area contributed by atoms with Gasteiger partial charge in [-0.1, -0.05) is 37.3 Å². The van der Waals surface area contributed by atoms with Crippen LogP contribution in [-0.4, -0.2) is 23.9 Å². The van der Waals surface area contributed by atoms with Gasteiger partial charge in [-0.25, -0.2) is 0 Å². The van der Waals surface area contributed by atoms with Gasteiger partial charge in [0.1, 0.15) is 0 Å². The minimum absolute atomic E-state index is 0.291. The molecule has 1 aliphatic rings. The van der Waals surface area contributed by atoms with E-state index in [9.17, 15) is 0 Å². The van der Waals surface area contributed by atoms with Crippen molar-refractivity contribution in [2.45, 2.75) is 56.9 Å². The van der Waals surface area contributed by atoms with Gasteiger partial charge in [0.2, 0.25) is 5.89 Å². The van der Waals surface area contributed by atoms with Crippen LogP contribution in [0.2, 0.25) is 0 Å². The lowest BCUT2D eigenvalue weighted by atomic mass is 9.91. The highest BCUT2D eigenvalue weighted by Gasteiger charge is 2.21. The fourth-order valence-electron chi connectivity index (χ4n) is 2.52. The van der Waals surface area contributed by atoms with Crippen molar-refractivity contribution in [2.24, 2.45) is 5.73 Å². The maximum atomic E-state index is 5.89. The molecule has 1 unspecified atom stereocenters. The molecule has 5 nitrogen and oxygen atoms in total. The molecule has 5 heteroatoms. The highest BCUT2D eigenvalue weighted by Crippen LogP contribution is 2.30. The van der Waals surface area contributed by atoms with Crippen molar-refractivity contribution in [2.75, 3.05) is 13.7 Å². The van der Waals surface area contributed by atoms with E-state index in [0.29, 0.717) is 18.3 Å². The molecule has 18 heavy (non-hydrogen) atoms. The van der Waals surface area contributed by atoms with E-state index in [1.807, 2.05) is 0 Å². The largest absolute Gasteiger partial charge is 0.383 e. The topological polar surface area (TPSA) is 74.2 Å². The molecule has 2 rings (SSSR count). The van der Waals surface area contributed by atoms with Crippen LogP contribution in [0.5, 0.6) is 0 Å². The van der Waals surface area contributed by atoms with Crippen molar-refractivity contribution in [3.63, 3.8) is 0 Å². The third-order valence-corrected chi connectivity index (χ3v) is 3.59. The maximum Gasteiger partial charge on any atom is 0.229 e. The summed E-state index contributed by atoms with van der Waals surface area (Å²) < 4.78 is 10.4. The standard InChI is InChI=1S/C13H23N3O2/c1-17-9-11(14)12-15-13(18-16-12)10-7-5-3-2-4-6-8-10/h10-11H,2-9,14H2,1H3. The van der Waals surface area contributed by atoms with Gasteiger partial charge in [-0.2, -0.15) is 4.98 Å². The van der Waals surface area contributed by atoms with Crippen LogP contribution in [0.4, 0.5) is 0 Å². The molecule has 0 amide bonds. The lowest BCUT2D eigenvalue weighted by Crippen LogP contribution is -2.17. The molecule has 0 aromatic carbocycles. The van der Waals surface area contributed by atoms with Gasteiger partial charge < -0.3 is 15.0 Å². The SMILES string of the molecule is COCC(N)c1noc(C2CCCCCCC2)n1. The van der Waals surface area contributed by atoms with Crippen LogP contribution < -0.4 is 5.73 Å². The first-order valence-corrected chi connectivity index (χ1v) is 6.89. The Hall–Kier alpha value is -0.940. The van der Waals surface area contributed by atoms with Crippen LogP contribution in [0.15, 0.2) is 4.52 Å². The maximum absolute atomic E-state index is 5.89. The lowest BCUT2D eigenvalue weighted by Gasteiger charge is -2.15. The molecule has 1 saturated carbocycles. The summed E-state index contributed by atoms with van der Waals surface area (Å²) in [7, 11) is 1.62. The van der Waals surface area contributed by atoms with Gasteiger partial charge in [0.05, 0.1) is 12.6 Å². The highest BCUT2D eigenvalue weighted by molar-refractivity contribution is 4.98. The van der Waals surface area contributed by atoms with Crippen LogP contribution >= 0.6 is 0 Å². The number of rotatable bonds is 4. The molecule has 0 spiro atoms. The van der Waals surface area contributed by atoms with E-state index < -0.39 is 0 Å². The predicted octanol–water partition coefficient (Wildman–Crippen LogP) is 2.54. The Morgan fingerprint density at radius 2 is 1.94 bits per heavy atom. The minimum atomic E-state index is -0.291. The van der Waals surface area contributed by atoms with Crippen molar-refractivity contribution < 1.29 is 9.26 Å². The van der Waals surface area contributed by atoms with E-state index in [2.05, 4.69) is 10.1 Å². The first-order chi connectivity index (χ1) is 8.81. The van der Waals surface area contributed by atoms with Crippen LogP contribution in [0, 0.1) is 0 Å². The van der Waals surface area contributed by atoms with Gasteiger partial charge >= 0.3 is 0 Å². The molecule has 0 aliphatic heterocycles. The number of hydrogen-bond acceptors (Lipinski definition) is 5. The summed E-state index contributed by atoms with van der Waals surface area (Å²) in [6, 6.07) is -0.291. The first-order valence-electron chi connectivity index (χ1n) is 6.89. The Morgan fingerprint density at radius 1 is 1.28 bits per heavy atom. The predicted molar refractivity (Wildman–Crippen MR) is 68.2 cm³/mol. The van der Waals surface area contributed by atoms with E-state index in [0.717, 1.165) is 18.7 Å². The van der Waals surface area contributed by atoms with Gasteiger partial charge in [0.15, 0.2) is 5.82 Å². The smallest absolute Gasteiger partial charge is 0.229 e. The fraction of sp³-hybridized carbons (Fsp3) is 0.846. The summed E-state index contributed by atoms with van der Waals surface area (Å²) in [5, 5.41) is 3.97. The average Bonchev–Trinajstić information content (AvgIpc) is 2.78. The normalized spacial score (nSPS) is 20.3. The second-order valence-electron chi connectivity index (χ2n) is 5.09. The van der Waals surface area contributed by atoms with Crippen molar-refractivity contribution >= 4 is 0 Å². The van der Waals surface area contributed by atoms with Crippen molar-refractivity contribution in [1.29, 1.82) is 0 Å². The zero-order valence-corrected chi connectivity index (χ0v) is 11.1. The summed E-state index contributed by atoms with van der Waals surface area (Å²) in [5.41, 5.74) is 5.89. The number of methoxy groups -OCH3 is 1. The summed E-state index contributed by atoms with van der Waals surface area (Å²) >= 11 is 0. The van der Waals surface area contributed by atoms with E-state index in [1.165, 1.54) is 32.1 Å². The number of nitrogens with zero attached hydrogens (tertiary/aromatic N) is 2. The van der Waals surface area contributed by atoms with E-state index in [1.54, 1.807) is 7.11 Å².